The molecule has 0 saturated carbocycles. The zero-order chi connectivity index (χ0) is 23.4. The Labute approximate surface area is 192 Å². The molecule has 6 nitrogen and oxygen atoms in total. The normalized spacial score (nSPS) is 11.1. The molecular formula is C26H22N2O4S. The molecule has 0 aromatic heterocycles. The van der Waals surface area contributed by atoms with E-state index in [0.29, 0.717) is 11.3 Å². The predicted octanol–water partition coefficient (Wildman–Crippen LogP) is 4.98. The van der Waals surface area contributed by atoms with Gasteiger partial charge in [-0.1, -0.05) is 54.6 Å². The van der Waals surface area contributed by atoms with Gasteiger partial charge < -0.3 is 10.5 Å². The average molecular weight is 459 g/mol. The Hall–Kier alpha value is -4.10. The van der Waals surface area contributed by atoms with Crippen LogP contribution in [0.1, 0.15) is 15.9 Å². The summed E-state index contributed by atoms with van der Waals surface area (Å²) < 4.78 is 33.8. The van der Waals surface area contributed by atoms with E-state index in [2.05, 4.69) is 4.72 Å². The molecule has 0 atom stereocenters. The molecule has 7 heteroatoms. The maximum Gasteiger partial charge on any atom is 0.261 e. The van der Waals surface area contributed by atoms with Gasteiger partial charge in [0.15, 0.2) is 5.78 Å². The summed E-state index contributed by atoms with van der Waals surface area (Å²) in [5.41, 5.74) is 8.81. The molecular weight excluding hydrogens is 436 g/mol. The van der Waals surface area contributed by atoms with E-state index in [9.17, 15) is 13.2 Å². The zero-order valence-electron chi connectivity index (χ0n) is 17.9. The highest BCUT2D eigenvalue weighted by Gasteiger charge is 2.20. The van der Waals surface area contributed by atoms with Crippen LogP contribution in [0.3, 0.4) is 0 Å². The number of ketones is 1. The van der Waals surface area contributed by atoms with Gasteiger partial charge in [-0.05, 0) is 53.6 Å². The van der Waals surface area contributed by atoms with Crippen molar-refractivity contribution in [3.05, 3.63) is 108 Å². The summed E-state index contributed by atoms with van der Waals surface area (Å²) in [6, 6.07) is 27.1. The molecule has 0 heterocycles. The Balaban J connectivity index is 1.62. The monoisotopic (exact) mass is 458 g/mol. The summed E-state index contributed by atoms with van der Waals surface area (Å²) in [5, 5.41) is 0. The highest BCUT2D eigenvalue weighted by Crippen LogP contribution is 2.27. The lowest BCUT2D eigenvalue weighted by atomic mass is 10.0. The van der Waals surface area contributed by atoms with Crippen LogP contribution in [0.15, 0.2) is 102 Å². The molecule has 0 aliphatic heterocycles. The van der Waals surface area contributed by atoms with Crippen LogP contribution in [0.4, 0.5) is 11.4 Å². The topological polar surface area (TPSA) is 98.5 Å². The van der Waals surface area contributed by atoms with Crippen molar-refractivity contribution in [2.24, 2.45) is 0 Å². The van der Waals surface area contributed by atoms with Gasteiger partial charge in [0, 0.05) is 16.8 Å². The molecule has 4 rings (SSSR count). The molecule has 0 radical (unpaired) electrons. The number of hydrogen-bond donors (Lipinski definition) is 2. The summed E-state index contributed by atoms with van der Waals surface area (Å²) in [6.07, 6.45) is 0. The van der Waals surface area contributed by atoms with Gasteiger partial charge in [-0.15, -0.1) is 0 Å². The number of rotatable bonds is 7. The molecule has 4 aromatic rings. The minimum atomic E-state index is -3.94. The van der Waals surface area contributed by atoms with E-state index in [-0.39, 0.29) is 21.9 Å². The third kappa shape index (κ3) is 4.88. The van der Waals surface area contributed by atoms with Crippen LogP contribution in [0.25, 0.3) is 11.1 Å². The first-order chi connectivity index (χ1) is 15.9. The first-order valence-electron chi connectivity index (χ1n) is 10.1. The van der Waals surface area contributed by atoms with Gasteiger partial charge in [0.05, 0.1) is 17.7 Å². The van der Waals surface area contributed by atoms with Gasteiger partial charge in [0.1, 0.15) is 5.75 Å². The van der Waals surface area contributed by atoms with Crippen LogP contribution < -0.4 is 15.2 Å². The Morgan fingerprint density at radius 2 is 1.42 bits per heavy atom. The second-order valence-electron chi connectivity index (χ2n) is 7.36. The van der Waals surface area contributed by atoms with E-state index < -0.39 is 10.0 Å². The third-order valence-corrected chi connectivity index (χ3v) is 6.54. The molecule has 33 heavy (non-hydrogen) atoms. The quantitative estimate of drug-likeness (QED) is 0.301. The molecule has 0 amide bonds. The minimum Gasteiger partial charge on any atom is -0.497 e. The van der Waals surface area contributed by atoms with Crippen molar-refractivity contribution in [2.75, 3.05) is 17.6 Å². The van der Waals surface area contributed by atoms with Gasteiger partial charge >= 0.3 is 0 Å². The maximum atomic E-state index is 13.1. The van der Waals surface area contributed by atoms with Crippen LogP contribution in [0.5, 0.6) is 5.75 Å². The van der Waals surface area contributed by atoms with Crippen molar-refractivity contribution in [2.45, 2.75) is 4.90 Å². The van der Waals surface area contributed by atoms with E-state index in [1.807, 2.05) is 24.3 Å². The van der Waals surface area contributed by atoms with Crippen molar-refractivity contribution < 1.29 is 17.9 Å². The summed E-state index contributed by atoms with van der Waals surface area (Å²) in [6.45, 7) is 0. The number of carbonyl (C=O) groups excluding carboxylic acids is 1. The van der Waals surface area contributed by atoms with Crippen LogP contribution in [-0.2, 0) is 10.0 Å². The number of methoxy groups -OCH3 is 1. The Morgan fingerprint density at radius 1 is 0.818 bits per heavy atom. The number of benzene rings is 4. The molecule has 0 aliphatic rings. The molecule has 0 fully saturated rings. The molecule has 166 valence electrons. The summed E-state index contributed by atoms with van der Waals surface area (Å²) >= 11 is 0. The fraction of sp³-hybridized carbons (Fsp3) is 0.0385. The van der Waals surface area contributed by atoms with Crippen LogP contribution in [0.2, 0.25) is 0 Å². The van der Waals surface area contributed by atoms with Crippen LogP contribution in [-0.4, -0.2) is 21.3 Å². The number of nitrogen functional groups attached to an aromatic ring is 1. The lowest BCUT2D eigenvalue weighted by Gasteiger charge is -2.13. The first-order valence-corrected chi connectivity index (χ1v) is 11.6. The number of anilines is 2. The smallest absolute Gasteiger partial charge is 0.261 e. The number of sulfonamides is 1. The van der Waals surface area contributed by atoms with Gasteiger partial charge in [0.2, 0.25) is 0 Å². The van der Waals surface area contributed by atoms with Crippen molar-refractivity contribution in [1.82, 2.24) is 0 Å². The number of nitrogens with two attached hydrogens (primary N) is 1. The van der Waals surface area contributed by atoms with Crippen LogP contribution in [0, 0.1) is 0 Å². The van der Waals surface area contributed by atoms with E-state index >= 15 is 0 Å². The fourth-order valence-corrected chi connectivity index (χ4v) is 4.48. The summed E-state index contributed by atoms with van der Waals surface area (Å²) in [5.74, 6) is 0.418. The standard InChI is InChI=1S/C26H22N2O4S/c1-32-22-12-7-18(8-13-22)19-9-14-23(15-10-19)33(30,31)28-25-16-11-21(27)17-24(25)26(29)20-5-3-2-4-6-20/h2-17,28H,27H2,1H3. The third-order valence-electron chi connectivity index (χ3n) is 5.16. The largest absolute Gasteiger partial charge is 0.497 e. The van der Waals surface area contributed by atoms with Gasteiger partial charge in [-0.3, -0.25) is 9.52 Å². The van der Waals surface area contributed by atoms with Crippen molar-refractivity contribution >= 4 is 27.2 Å². The predicted molar refractivity (Wildman–Crippen MR) is 130 cm³/mol. The van der Waals surface area contributed by atoms with Crippen molar-refractivity contribution in [3.8, 4) is 16.9 Å². The number of hydrogen-bond acceptors (Lipinski definition) is 5. The fourth-order valence-electron chi connectivity index (χ4n) is 3.40. The Bertz CT molecular complexity index is 1380. The average Bonchev–Trinajstić information content (AvgIpc) is 2.85. The van der Waals surface area contributed by atoms with Crippen molar-refractivity contribution in [3.63, 3.8) is 0 Å². The van der Waals surface area contributed by atoms with E-state index in [0.717, 1.165) is 16.9 Å². The molecule has 0 unspecified atom stereocenters. The lowest BCUT2D eigenvalue weighted by molar-refractivity contribution is 0.103. The summed E-state index contributed by atoms with van der Waals surface area (Å²) in [7, 11) is -2.34. The summed E-state index contributed by atoms with van der Waals surface area (Å²) in [4.78, 5) is 13.1. The maximum absolute atomic E-state index is 13.1. The van der Waals surface area contributed by atoms with Gasteiger partial charge in [-0.25, -0.2) is 8.42 Å². The van der Waals surface area contributed by atoms with Gasteiger partial charge in [0.25, 0.3) is 10.0 Å². The van der Waals surface area contributed by atoms with Crippen LogP contribution >= 0.6 is 0 Å². The molecule has 0 bridgehead atoms. The van der Waals surface area contributed by atoms with Crippen molar-refractivity contribution in [1.29, 1.82) is 0 Å². The van der Waals surface area contributed by atoms with Gasteiger partial charge in [-0.2, -0.15) is 0 Å². The molecule has 0 aliphatic carbocycles. The SMILES string of the molecule is COc1ccc(-c2ccc(S(=O)(=O)Nc3ccc(N)cc3C(=O)c3ccccc3)cc2)cc1. The molecule has 0 saturated heterocycles. The van der Waals surface area contributed by atoms with E-state index in [1.54, 1.807) is 55.6 Å². The number of nitrogens with one attached hydrogen (secondary N) is 1. The van der Waals surface area contributed by atoms with E-state index in [4.69, 9.17) is 10.5 Å². The second-order valence-corrected chi connectivity index (χ2v) is 9.04. The molecule has 0 spiro atoms. The molecule has 3 N–H and O–H groups in total. The first kappa shape index (κ1) is 22.1. The second kappa shape index (κ2) is 9.18. The highest BCUT2D eigenvalue weighted by atomic mass is 32.2. The molecule has 4 aromatic carbocycles. The lowest BCUT2D eigenvalue weighted by Crippen LogP contribution is -2.16. The number of ether oxygens (including phenoxy) is 1. The number of carbonyl (C=O) groups is 1. The highest BCUT2D eigenvalue weighted by molar-refractivity contribution is 7.92. The zero-order valence-corrected chi connectivity index (χ0v) is 18.7. The Kier molecular flexibility index (Phi) is 6.15. The Morgan fingerprint density at radius 3 is 2.03 bits per heavy atom. The van der Waals surface area contributed by atoms with E-state index in [1.165, 1.54) is 24.3 Å². The minimum absolute atomic E-state index is 0.0784.